The second-order valence-electron chi connectivity index (χ2n) is 9.62. The van der Waals surface area contributed by atoms with Gasteiger partial charge in [0, 0.05) is 50.0 Å². The van der Waals surface area contributed by atoms with Crippen molar-refractivity contribution >= 4 is 11.6 Å². The first kappa shape index (κ1) is 26.3. The highest BCUT2D eigenvalue weighted by molar-refractivity contribution is 6.32. The number of likely N-dealkylation sites (tertiary alicyclic amines) is 1. The Hall–Kier alpha value is -2.74. The van der Waals surface area contributed by atoms with E-state index < -0.39 is 5.60 Å². The highest BCUT2D eigenvalue weighted by Crippen LogP contribution is 2.31. The van der Waals surface area contributed by atoms with Crippen molar-refractivity contribution in [2.45, 2.75) is 51.8 Å². The van der Waals surface area contributed by atoms with Crippen LogP contribution in [0.4, 0.5) is 0 Å². The molecule has 1 aliphatic rings. The SMILES string of the molecule is COc1ccc(CN2CCC(O)(COc3cc(C)c(Cl)c(C)c3)CC2)cc1OCCCn1cccn1. The Labute approximate surface area is 218 Å². The minimum absolute atomic E-state index is 0.278. The van der Waals surface area contributed by atoms with Gasteiger partial charge in [0.05, 0.1) is 13.7 Å². The maximum atomic E-state index is 11.1. The highest BCUT2D eigenvalue weighted by Gasteiger charge is 2.33. The smallest absolute Gasteiger partial charge is 0.161 e. The highest BCUT2D eigenvalue weighted by atomic mass is 35.5. The lowest BCUT2D eigenvalue weighted by molar-refractivity contribution is -0.0537. The first-order valence-electron chi connectivity index (χ1n) is 12.5. The van der Waals surface area contributed by atoms with Crippen LogP contribution in [-0.4, -0.2) is 58.8 Å². The van der Waals surface area contributed by atoms with Gasteiger partial charge in [0.1, 0.15) is 18.0 Å². The van der Waals surface area contributed by atoms with Crippen molar-refractivity contribution in [2.75, 3.05) is 33.4 Å². The number of hydrogen-bond donors (Lipinski definition) is 1. The van der Waals surface area contributed by atoms with E-state index in [2.05, 4.69) is 22.1 Å². The van der Waals surface area contributed by atoms with Crippen LogP contribution in [0.5, 0.6) is 17.2 Å². The van der Waals surface area contributed by atoms with Crippen molar-refractivity contribution in [1.82, 2.24) is 14.7 Å². The third-order valence-corrected chi connectivity index (χ3v) is 7.28. The maximum absolute atomic E-state index is 11.1. The molecular formula is C28H36ClN3O4. The number of nitrogens with zero attached hydrogens (tertiary/aromatic N) is 3. The normalized spacial score (nSPS) is 15.6. The Kier molecular flexibility index (Phi) is 8.77. The molecule has 0 saturated carbocycles. The number of hydrogen-bond acceptors (Lipinski definition) is 6. The molecule has 0 radical (unpaired) electrons. The van der Waals surface area contributed by atoms with Crippen molar-refractivity contribution in [3.63, 3.8) is 0 Å². The van der Waals surface area contributed by atoms with E-state index in [1.165, 1.54) is 0 Å². The van der Waals surface area contributed by atoms with Crippen LogP contribution in [0.1, 0.15) is 36.0 Å². The number of aliphatic hydroxyl groups is 1. The topological polar surface area (TPSA) is 69.0 Å². The van der Waals surface area contributed by atoms with Gasteiger partial charge in [-0.15, -0.1) is 0 Å². The molecule has 0 bridgehead atoms. The number of aromatic nitrogens is 2. The van der Waals surface area contributed by atoms with Gasteiger partial charge in [0.2, 0.25) is 0 Å². The van der Waals surface area contributed by atoms with Gasteiger partial charge in [-0.2, -0.15) is 5.10 Å². The molecule has 0 aliphatic carbocycles. The van der Waals surface area contributed by atoms with Crippen LogP contribution in [0.2, 0.25) is 5.02 Å². The maximum Gasteiger partial charge on any atom is 0.161 e. The fraction of sp³-hybridized carbons (Fsp3) is 0.464. The summed E-state index contributed by atoms with van der Waals surface area (Å²) in [7, 11) is 1.66. The molecule has 1 saturated heterocycles. The van der Waals surface area contributed by atoms with Gasteiger partial charge in [-0.25, -0.2) is 0 Å². The molecule has 2 heterocycles. The van der Waals surface area contributed by atoms with Gasteiger partial charge in [0.15, 0.2) is 11.5 Å². The molecule has 0 amide bonds. The second-order valence-corrected chi connectivity index (χ2v) is 9.99. The zero-order chi connectivity index (χ0) is 25.5. The molecule has 194 valence electrons. The summed E-state index contributed by atoms with van der Waals surface area (Å²) in [5.74, 6) is 2.24. The number of halogens is 1. The Bertz CT molecular complexity index is 1100. The molecule has 4 rings (SSSR count). The monoisotopic (exact) mass is 513 g/mol. The van der Waals surface area contributed by atoms with E-state index >= 15 is 0 Å². The molecule has 0 unspecified atom stereocenters. The Morgan fingerprint density at radius 2 is 1.81 bits per heavy atom. The van der Waals surface area contributed by atoms with Gasteiger partial charge >= 0.3 is 0 Å². The van der Waals surface area contributed by atoms with E-state index in [0.717, 1.165) is 71.6 Å². The number of benzene rings is 2. The summed E-state index contributed by atoms with van der Waals surface area (Å²) in [6.45, 7) is 7.99. The summed E-state index contributed by atoms with van der Waals surface area (Å²) in [5, 5.41) is 16.1. The van der Waals surface area contributed by atoms with E-state index in [4.69, 9.17) is 25.8 Å². The molecular weight excluding hydrogens is 478 g/mol. The number of piperidine rings is 1. The van der Waals surface area contributed by atoms with Crippen LogP contribution >= 0.6 is 11.6 Å². The molecule has 36 heavy (non-hydrogen) atoms. The number of methoxy groups -OCH3 is 1. The standard InChI is InChI=1S/C28H36ClN3O4/c1-21-16-24(17-22(2)27(21)29)36-20-28(33)8-13-31(14-9-28)19-23-6-7-25(34-3)26(18-23)35-15-5-12-32-11-4-10-30-32/h4,6-7,10-11,16-18,33H,5,8-9,12-15,19-20H2,1-3H3. The molecule has 1 N–H and O–H groups in total. The molecule has 1 aromatic heterocycles. The lowest BCUT2D eigenvalue weighted by atomic mass is 9.92. The fourth-order valence-electron chi connectivity index (χ4n) is 4.51. The first-order chi connectivity index (χ1) is 17.3. The minimum Gasteiger partial charge on any atom is -0.493 e. The average Bonchev–Trinajstić information content (AvgIpc) is 3.39. The zero-order valence-corrected chi connectivity index (χ0v) is 22.1. The van der Waals surface area contributed by atoms with E-state index in [0.29, 0.717) is 19.4 Å². The molecule has 2 aromatic carbocycles. The number of rotatable bonds is 11. The largest absolute Gasteiger partial charge is 0.493 e. The summed E-state index contributed by atoms with van der Waals surface area (Å²) in [4.78, 5) is 2.36. The molecule has 3 aromatic rings. The van der Waals surface area contributed by atoms with Crippen LogP contribution in [0.3, 0.4) is 0 Å². The lowest BCUT2D eigenvalue weighted by Crippen LogP contribution is -2.47. The third-order valence-electron chi connectivity index (χ3n) is 6.69. The average molecular weight is 514 g/mol. The first-order valence-corrected chi connectivity index (χ1v) is 12.8. The van der Waals surface area contributed by atoms with E-state index in [-0.39, 0.29) is 6.61 Å². The summed E-state index contributed by atoms with van der Waals surface area (Å²) in [6, 6.07) is 11.9. The van der Waals surface area contributed by atoms with Gasteiger partial charge < -0.3 is 19.3 Å². The van der Waals surface area contributed by atoms with Crippen molar-refractivity contribution in [2.24, 2.45) is 0 Å². The number of ether oxygens (including phenoxy) is 3. The molecule has 1 aliphatic heterocycles. The van der Waals surface area contributed by atoms with Crippen LogP contribution in [0, 0.1) is 13.8 Å². The molecule has 7 nitrogen and oxygen atoms in total. The molecule has 0 spiro atoms. The van der Waals surface area contributed by atoms with E-state index in [1.807, 2.05) is 49.0 Å². The predicted molar refractivity (Wildman–Crippen MR) is 141 cm³/mol. The van der Waals surface area contributed by atoms with Crippen molar-refractivity contribution < 1.29 is 19.3 Å². The van der Waals surface area contributed by atoms with Crippen molar-refractivity contribution in [1.29, 1.82) is 0 Å². The van der Waals surface area contributed by atoms with Crippen molar-refractivity contribution in [3.05, 3.63) is 70.5 Å². The number of aryl methyl sites for hydroxylation is 3. The molecule has 8 heteroatoms. The van der Waals surface area contributed by atoms with Crippen LogP contribution in [-0.2, 0) is 13.1 Å². The van der Waals surface area contributed by atoms with Crippen LogP contribution in [0.25, 0.3) is 0 Å². The van der Waals surface area contributed by atoms with Crippen molar-refractivity contribution in [3.8, 4) is 17.2 Å². The quantitative estimate of drug-likeness (QED) is 0.362. The van der Waals surface area contributed by atoms with Crippen LogP contribution in [0.15, 0.2) is 48.8 Å². The lowest BCUT2D eigenvalue weighted by Gasteiger charge is -2.38. The van der Waals surface area contributed by atoms with Gasteiger partial charge in [-0.3, -0.25) is 9.58 Å². The van der Waals surface area contributed by atoms with Gasteiger partial charge in [0.25, 0.3) is 0 Å². The van der Waals surface area contributed by atoms with Gasteiger partial charge in [-0.1, -0.05) is 17.7 Å². The predicted octanol–water partition coefficient (Wildman–Crippen LogP) is 5.04. The molecule has 1 fully saturated rings. The summed E-state index contributed by atoms with van der Waals surface area (Å²) < 4.78 is 19.4. The minimum atomic E-state index is -0.833. The Morgan fingerprint density at radius 3 is 2.47 bits per heavy atom. The summed E-state index contributed by atoms with van der Waals surface area (Å²) in [6.07, 6.45) is 5.91. The van der Waals surface area contributed by atoms with E-state index in [9.17, 15) is 5.11 Å². The van der Waals surface area contributed by atoms with Crippen LogP contribution < -0.4 is 14.2 Å². The molecule has 0 atom stereocenters. The van der Waals surface area contributed by atoms with Gasteiger partial charge in [-0.05, 0) is 73.7 Å². The third kappa shape index (κ3) is 6.93. The summed E-state index contributed by atoms with van der Waals surface area (Å²) in [5.41, 5.74) is 2.29. The zero-order valence-electron chi connectivity index (χ0n) is 21.4. The summed E-state index contributed by atoms with van der Waals surface area (Å²) >= 11 is 6.26. The van der Waals surface area contributed by atoms with E-state index in [1.54, 1.807) is 13.3 Å². The fourth-order valence-corrected chi connectivity index (χ4v) is 4.62. The second kappa shape index (κ2) is 12.0. The Balaban J connectivity index is 1.26. The Morgan fingerprint density at radius 1 is 1.06 bits per heavy atom.